The molecule has 1 aromatic rings. The summed E-state index contributed by atoms with van der Waals surface area (Å²) in [6.07, 6.45) is 0. The molecule has 0 amide bonds. The van der Waals surface area contributed by atoms with Gasteiger partial charge in [-0.1, -0.05) is 18.5 Å². The summed E-state index contributed by atoms with van der Waals surface area (Å²) < 4.78 is 11.2. The first-order valence-corrected chi connectivity index (χ1v) is 7.47. The molecule has 0 saturated carbocycles. The quantitative estimate of drug-likeness (QED) is 0.745. The average Bonchev–Trinajstić information content (AvgIpc) is 2.36. The second kappa shape index (κ2) is 8.51. The lowest BCUT2D eigenvalue weighted by Crippen LogP contribution is -2.10. The van der Waals surface area contributed by atoms with Gasteiger partial charge in [0.25, 0.3) is 0 Å². The van der Waals surface area contributed by atoms with Crippen LogP contribution in [0.4, 0.5) is 0 Å². The number of benzene rings is 1. The van der Waals surface area contributed by atoms with E-state index in [9.17, 15) is 0 Å². The van der Waals surface area contributed by atoms with Gasteiger partial charge in [0.15, 0.2) is 11.5 Å². The highest BCUT2D eigenvalue weighted by Gasteiger charge is 2.12. The van der Waals surface area contributed by atoms with Gasteiger partial charge in [-0.2, -0.15) is 11.8 Å². The number of methoxy groups -OCH3 is 1. The number of hydrogen-bond acceptors (Lipinski definition) is 4. The van der Waals surface area contributed by atoms with E-state index in [0.29, 0.717) is 23.9 Å². The van der Waals surface area contributed by atoms with Gasteiger partial charge in [-0.15, -0.1) is 0 Å². The Morgan fingerprint density at radius 2 is 2.17 bits per heavy atom. The van der Waals surface area contributed by atoms with Crippen LogP contribution >= 0.6 is 23.4 Å². The van der Waals surface area contributed by atoms with Gasteiger partial charge in [0.2, 0.25) is 0 Å². The van der Waals surface area contributed by atoms with E-state index < -0.39 is 0 Å². The standard InChI is InChI=1S/C13H20ClNO2S/c1-4-18-6-5-17-13-10(9-15-2)7-11(14)8-12(13)16-3/h7-8,15H,4-6,9H2,1-3H3. The summed E-state index contributed by atoms with van der Waals surface area (Å²) in [5.41, 5.74) is 1.02. The van der Waals surface area contributed by atoms with Crippen molar-refractivity contribution >= 4 is 23.4 Å². The number of halogens is 1. The second-order valence-electron chi connectivity index (χ2n) is 3.67. The van der Waals surface area contributed by atoms with E-state index in [1.807, 2.05) is 24.9 Å². The Balaban J connectivity index is 2.83. The fourth-order valence-corrected chi connectivity index (χ4v) is 2.33. The summed E-state index contributed by atoms with van der Waals surface area (Å²) in [6.45, 7) is 3.51. The second-order valence-corrected chi connectivity index (χ2v) is 5.50. The maximum absolute atomic E-state index is 6.05. The first-order valence-electron chi connectivity index (χ1n) is 5.94. The molecule has 0 fully saturated rings. The van der Waals surface area contributed by atoms with Crippen LogP contribution in [0.5, 0.6) is 11.5 Å². The van der Waals surface area contributed by atoms with Crippen molar-refractivity contribution in [2.24, 2.45) is 0 Å². The summed E-state index contributed by atoms with van der Waals surface area (Å²) in [6, 6.07) is 3.69. The van der Waals surface area contributed by atoms with Crippen molar-refractivity contribution in [3.8, 4) is 11.5 Å². The fraction of sp³-hybridized carbons (Fsp3) is 0.538. The topological polar surface area (TPSA) is 30.5 Å². The van der Waals surface area contributed by atoms with Crippen molar-refractivity contribution in [3.05, 3.63) is 22.7 Å². The molecule has 3 nitrogen and oxygen atoms in total. The molecule has 0 aromatic heterocycles. The lowest BCUT2D eigenvalue weighted by Gasteiger charge is -2.15. The largest absolute Gasteiger partial charge is 0.493 e. The first-order chi connectivity index (χ1) is 8.72. The van der Waals surface area contributed by atoms with Crippen LogP contribution in [0, 0.1) is 0 Å². The van der Waals surface area contributed by atoms with Crippen molar-refractivity contribution in [3.63, 3.8) is 0 Å². The lowest BCUT2D eigenvalue weighted by molar-refractivity contribution is 0.309. The van der Waals surface area contributed by atoms with Gasteiger partial charge < -0.3 is 14.8 Å². The lowest BCUT2D eigenvalue weighted by atomic mass is 10.2. The Morgan fingerprint density at radius 1 is 1.39 bits per heavy atom. The minimum atomic E-state index is 0.660. The molecule has 0 atom stereocenters. The Hall–Kier alpha value is -0.580. The summed E-state index contributed by atoms with van der Waals surface area (Å²) in [4.78, 5) is 0. The predicted octanol–water partition coefficient (Wildman–Crippen LogP) is 3.20. The molecule has 0 saturated heterocycles. The number of ether oxygens (including phenoxy) is 2. The zero-order chi connectivity index (χ0) is 13.4. The molecule has 0 radical (unpaired) electrons. The van der Waals surface area contributed by atoms with E-state index in [-0.39, 0.29) is 0 Å². The molecule has 0 aliphatic rings. The van der Waals surface area contributed by atoms with E-state index in [0.717, 1.165) is 22.8 Å². The van der Waals surface area contributed by atoms with Gasteiger partial charge in [-0.05, 0) is 18.9 Å². The van der Waals surface area contributed by atoms with E-state index in [1.165, 1.54) is 0 Å². The molecule has 0 aliphatic heterocycles. The molecule has 102 valence electrons. The maximum Gasteiger partial charge on any atom is 0.165 e. The van der Waals surface area contributed by atoms with Crippen LogP contribution < -0.4 is 14.8 Å². The number of hydrogen-bond donors (Lipinski definition) is 1. The highest BCUT2D eigenvalue weighted by molar-refractivity contribution is 7.99. The smallest absolute Gasteiger partial charge is 0.165 e. The third kappa shape index (κ3) is 4.59. The zero-order valence-electron chi connectivity index (χ0n) is 11.1. The van der Waals surface area contributed by atoms with Crippen LogP contribution in [-0.2, 0) is 6.54 Å². The number of nitrogens with one attached hydrogen (secondary N) is 1. The van der Waals surface area contributed by atoms with Crippen LogP contribution in [0.25, 0.3) is 0 Å². The summed E-state index contributed by atoms with van der Waals surface area (Å²) in [7, 11) is 3.52. The molecule has 5 heteroatoms. The minimum absolute atomic E-state index is 0.660. The van der Waals surface area contributed by atoms with Crippen LogP contribution in [0.1, 0.15) is 12.5 Å². The molecule has 1 aromatic carbocycles. The van der Waals surface area contributed by atoms with E-state index in [1.54, 1.807) is 13.2 Å². The number of thioether (sulfide) groups is 1. The molecule has 18 heavy (non-hydrogen) atoms. The third-order valence-corrected chi connectivity index (χ3v) is 3.44. The minimum Gasteiger partial charge on any atom is -0.493 e. The average molecular weight is 290 g/mol. The third-order valence-electron chi connectivity index (χ3n) is 2.36. The Bertz CT molecular complexity index is 374. The Kier molecular flexibility index (Phi) is 7.32. The van der Waals surface area contributed by atoms with Crippen molar-refractivity contribution in [2.75, 3.05) is 32.3 Å². The Morgan fingerprint density at radius 3 is 2.78 bits per heavy atom. The molecule has 1 rings (SSSR count). The van der Waals surface area contributed by atoms with Crippen molar-refractivity contribution in [1.82, 2.24) is 5.32 Å². The first kappa shape index (κ1) is 15.5. The SMILES string of the molecule is CCSCCOc1c(CNC)cc(Cl)cc1OC. The van der Waals surface area contributed by atoms with E-state index >= 15 is 0 Å². The monoisotopic (exact) mass is 289 g/mol. The molecular formula is C13H20ClNO2S. The molecule has 1 N–H and O–H groups in total. The number of rotatable bonds is 8. The van der Waals surface area contributed by atoms with Gasteiger partial charge in [0.05, 0.1) is 13.7 Å². The molecular weight excluding hydrogens is 270 g/mol. The van der Waals surface area contributed by atoms with E-state index in [4.69, 9.17) is 21.1 Å². The van der Waals surface area contributed by atoms with Gasteiger partial charge in [-0.3, -0.25) is 0 Å². The predicted molar refractivity (Wildman–Crippen MR) is 79.3 cm³/mol. The van der Waals surface area contributed by atoms with Gasteiger partial charge in [0.1, 0.15) is 0 Å². The van der Waals surface area contributed by atoms with Crippen LogP contribution in [0.2, 0.25) is 5.02 Å². The van der Waals surface area contributed by atoms with Crippen molar-refractivity contribution < 1.29 is 9.47 Å². The molecule has 0 aliphatic carbocycles. The van der Waals surface area contributed by atoms with Crippen molar-refractivity contribution in [2.45, 2.75) is 13.5 Å². The highest BCUT2D eigenvalue weighted by Crippen LogP contribution is 2.34. The molecule has 0 heterocycles. The van der Waals surface area contributed by atoms with Gasteiger partial charge in [-0.25, -0.2) is 0 Å². The Labute approximate surface area is 118 Å². The fourth-order valence-electron chi connectivity index (χ4n) is 1.61. The normalized spacial score (nSPS) is 10.4. The van der Waals surface area contributed by atoms with Crippen molar-refractivity contribution in [1.29, 1.82) is 0 Å². The molecule has 0 unspecified atom stereocenters. The van der Waals surface area contributed by atoms with Crippen LogP contribution in [0.15, 0.2) is 12.1 Å². The highest BCUT2D eigenvalue weighted by atomic mass is 35.5. The van der Waals surface area contributed by atoms with Crippen LogP contribution in [0.3, 0.4) is 0 Å². The summed E-state index contributed by atoms with van der Waals surface area (Å²) >= 11 is 7.91. The zero-order valence-corrected chi connectivity index (χ0v) is 12.7. The summed E-state index contributed by atoms with van der Waals surface area (Å²) in [5.74, 6) is 3.55. The van der Waals surface area contributed by atoms with Gasteiger partial charge in [0, 0.05) is 29.0 Å². The van der Waals surface area contributed by atoms with Gasteiger partial charge >= 0.3 is 0 Å². The van der Waals surface area contributed by atoms with E-state index in [2.05, 4.69) is 12.2 Å². The van der Waals surface area contributed by atoms with Crippen LogP contribution in [-0.4, -0.2) is 32.3 Å². The maximum atomic E-state index is 6.05. The summed E-state index contributed by atoms with van der Waals surface area (Å²) in [5, 5.41) is 3.76. The molecule has 0 spiro atoms. The molecule has 0 bridgehead atoms.